The van der Waals surface area contributed by atoms with Crippen molar-refractivity contribution >= 4 is 5.70 Å². The van der Waals surface area contributed by atoms with E-state index in [1.807, 2.05) is 18.2 Å². The van der Waals surface area contributed by atoms with E-state index in [1.54, 1.807) is 0 Å². The van der Waals surface area contributed by atoms with Gasteiger partial charge in [-0.3, -0.25) is 0 Å². The molecule has 1 saturated carbocycles. The highest BCUT2D eigenvalue weighted by atomic mass is 14.9. The average Bonchev–Trinajstić information content (AvgIpc) is 2.56. The van der Waals surface area contributed by atoms with E-state index in [-0.39, 0.29) is 0 Å². The summed E-state index contributed by atoms with van der Waals surface area (Å²) in [5.41, 5.74) is 9.59. The van der Waals surface area contributed by atoms with Crippen LogP contribution >= 0.6 is 0 Å². The van der Waals surface area contributed by atoms with Crippen molar-refractivity contribution in [2.45, 2.75) is 32.6 Å². The second-order valence-corrected chi connectivity index (χ2v) is 5.89. The summed E-state index contributed by atoms with van der Waals surface area (Å²) in [4.78, 5) is 0. The van der Waals surface area contributed by atoms with Crippen molar-refractivity contribution in [3.8, 4) is 0 Å². The van der Waals surface area contributed by atoms with Crippen LogP contribution in [0.2, 0.25) is 0 Å². The summed E-state index contributed by atoms with van der Waals surface area (Å²) in [5, 5.41) is 3.53. The summed E-state index contributed by atoms with van der Waals surface area (Å²) in [6.07, 6.45) is 5.12. The lowest BCUT2D eigenvalue weighted by molar-refractivity contribution is 0.294. The van der Waals surface area contributed by atoms with Crippen molar-refractivity contribution in [2.24, 2.45) is 11.8 Å². The molecule has 1 nitrogen and oxygen atoms in total. The molecule has 1 fully saturated rings. The van der Waals surface area contributed by atoms with Crippen LogP contribution in [0, 0.1) is 11.8 Å². The average molecular weight is 279 g/mol. The molecule has 2 rings (SSSR count). The predicted octanol–water partition coefficient (Wildman–Crippen LogP) is 4.94. The van der Waals surface area contributed by atoms with Gasteiger partial charge in [-0.1, -0.05) is 49.9 Å². The van der Waals surface area contributed by atoms with Crippen LogP contribution in [0.25, 0.3) is 5.70 Å². The largest absolute Gasteiger partial charge is 0.378 e. The lowest BCUT2D eigenvalue weighted by atomic mass is 9.78. The molecule has 0 aliphatic heterocycles. The smallest absolute Gasteiger partial charge is 0.0841 e. The Morgan fingerprint density at radius 1 is 1.19 bits per heavy atom. The molecular formula is C20H25N. The van der Waals surface area contributed by atoms with Gasteiger partial charge in [0.25, 0.3) is 0 Å². The molecule has 0 aromatic heterocycles. The Balaban J connectivity index is 1.93. The SMILES string of the molecule is C=C=C(NC[C@H]1CCC[C@H](C(C)=C=C)C1)c1ccccc1. The second-order valence-electron chi connectivity index (χ2n) is 5.89. The molecule has 0 unspecified atom stereocenters. The first-order valence-electron chi connectivity index (χ1n) is 7.80. The van der Waals surface area contributed by atoms with E-state index in [0.29, 0.717) is 11.8 Å². The molecule has 2 atom stereocenters. The topological polar surface area (TPSA) is 12.0 Å². The van der Waals surface area contributed by atoms with Gasteiger partial charge >= 0.3 is 0 Å². The van der Waals surface area contributed by atoms with Gasteiger partial charge in [0.1, 0.15) is 0 Å². The Hall–Kier alpha value is -1.94. The van der Waals surface area contributed by atoms with Gasteiger partial charge in [-0.2, -0.15) is 0 Å². The van der Waals surface area contributed by atoms with E-state index in [4.69, 9.17) is 0 Å². The Morgan fingerprint density at radius 3 is 2.62 bits per heavy atom. The maximum Gasteiger partial charge on any atom is 0.0841 e. The van der Waals surface area contributed by atoms with Crippen LogP contribution in [-0.2, 0) is 0 Å². The molecule has 110 valence electrons. The normalized spacial score (nSPS) is 21.0. The molecule has 0 bridgehead atoms. The quantitative estimate of drug-likeness (QED) is 0.753. The molecule has 1 heteroatoms. The highest BCUT2D eigenvalue weighted by Gasteiger charge is 2.23. The molecule has 1 N–H and O–H groups in total. The van der Waals surface area contributed by atoms with Crippen molar-refractivity contribution in [3.63, 3.8) is 0 Å². The number of hydrogen-bond acceptors (Lipinski definition) is 1. The Bertz CT molecular complexity index is 557. The fourth-order valence-corrected chi connectivity index (χ4v) is 3.13. The van der Waals surface area contributed by atoms with Crippen LogP contribution in [0.4, 0.5) is 0 Å². The van der Waals surface area contributed by atoms with Crippen LogP contribution in [0.1, 0.15) is 38.2 Å². The maximum absolute atomic E-state index is 3.81. The number of hydrogen-bond donors (Lipinski definition) is 1. The van der Waals surface area contributed by atoms with Crippen molar-refractivity contribution in [3.05, 3.63) is 66.1 Å². The van der Waals surface area contributed by atoms with E-state index in [0.717, 1.165) is 17.8 Å². The minimum absolute atomic E-state index is 0.663. The van der Waals surface area contributed by atoms with Crippen molar-refractivity contribution < 1.29 is 0 Å². The van der Waals surface area contributed by atoms with E-state index >= 15 is 0 Å². The minimum atomic E-state index is 0.663. The fourth-order valence-electron chi connectivity index (χ4n) is 3.13. The summed E-state index contributed by atoms with van der Waals surface area (Å²) in [7, 11) is 0. The van der Waals surface area contributed by atoms with Gasteiger partial charge < -0.3 is 5.32 Å². The van der Waals surface area contributed by atoms with Crippen molar-refractivity contribution in [1.29, 1.82) is 0 Å². The number of benzene rings is 1. The molecule has 1 aromatic carbocycles. The first kappa shape index (κ1) is 15.4. The Morgan fingerprint density at radius 2 is 1.95 bits per heavy atom. The second kappa shape index (κ2) is 7.74. The highest BCUT2D eigenvalue weighted by molar-refractivity contribution is 5.62. The van der Waals surface area contributed by atoms with Crippen LogP contribution < -0.4 is 5.32 Å². The van der Waals surface area contributed by atoms with E-state index in [1.165, 1.54) is 31.3 Å². The first-order valence-corrected chi connectivity index (χ1v) is 7.80. The molecule has 0 amide bonds. The lowest BCUT2D eigenvalue weighted by Gasteiger charge is -2.29. The van der Waals surface area contributed by atoms with Gasteiger partial charge in [0.05, 0.1) is 5.70 Å². The zero-order chi connectivity index (χ0) is 15.1. The monoisotopic (exact) mass is 279 g/mol. The number of allylic oxidation sites excluding steroid dienone is 1. The van der Waals surface area contributed by atoms with Crippen molar-refractivity contribution in [1.82, 2.24) is 5.32 Å². The van der Waals surface area contributed by atoms with Gasteiger partial charge in [-0.15, -0.1) is 11.5 Å². The number of rotatable bonds is 5. The molecule has 1 aliphatic rings. The fraction of sp³-hybridized carbons (Fsp3) is 0.400. The summed E-state index contributed by atoms with van der Waals surface area (Å²) in [6.45, 7) is 10.8. The third-order valence-corrected chi connectivity index (χ3v) is 4.48. The van der Waals surface area contributed by atoms with Gasteiger partial charge in [0, 0.05) is 12.1 Å². The highest BCUT2D eigenvalue weighted by Crippen LogP contribution is 2.33. The maximum atomic E-state index is 3.81. The predicted molar refractivity (Wildman–Crippen MR) is 90.8 cm³/mol. The van der Waals surface area contributed by atoms with E-state index in [9.17, 15) is 0 Å². The Kier molecular flexibility index (Phi) is 5.69. The van der Waals surface area contributed by atoms with Crippen LogP contribution in [0.5, 0.6) is 0 Å². The van der Waals surface area contributed by atoms with Gasteiger partial charge in [-0.25, -0.2) is 0 Å². The zero-order valence-corrected chi connectivity index (χ0v) is 13.0. The third-order valence-electron chi connectivity index (χ3n) is 4.48. The van der Waals surface area contributed by atoms with Crippen LogP contribution in [-0.4, -0.2) is 6.54 Å². The summed E-state index contributed by atoms with van der Waals surface area (Å²) < 4.78 is 0. The first-order chi connectivity index (χ1) is 10.2. The molecule has 0 heterocycles. The third kappa shape index (κ3) is 4.26. The molecule has 0 radical (unpaired) electrons. The molecule has 21 heavy (non-hydrogen) atoms. The minimum Gasteiger partial charge on any atom is -0.378 e. The summed E-state index contributed by atoms with van der Waals surface area (Å²) >= 11 is 0. The lowest BCUT2D eigenvalue weighted by Crippen LogP contribution is -2.26. The van der Waals surface area contributed by atoms with E-state index < -0.39 is 0 Å². The zero-order valence-electron chi connectivity index (χ0n) is 13.0. The van der Waals surface area contributed by atoms with Gasteiger partial charge in [0.2, 0.25) is 0 Å². The van der Waals surface area contributed by atoms with Crippen molar-refractivity contribution in [2.75, 3.05) is 6.54 Å². The summed E-state index contributed by atoms with van der Waals surface area (Å²) in [5.74, 6) is 1.37. The van der Waals surface area contributed by atoms with Gasteiger partial charge in [-0.05, 0) is 43.6 Å². The molecule has 0 saturated heterocycles. The number of nitrogens with one attached hydrogen (secondary N) is 1. The van der Waals surface area contributed by atoms with Gasteiger partial charge in [0.15, 0.2) is 0 Å². The van der Waals surface area contributed by atoms with Crippen LogP contribution in [0.15, 0.2) is 60.5 Å². The summed E-state index contributed by atoms with van der Waals surface area (Å²) in [6, 6.07) is 10.3. The molecule has 0 spiro atoms. The van der Waals surface area contributed by atoms with E-state index in [2.05, 4.69) is 49.0 Å². The standard InChI is InChI=1S/C20H25N/c1-4-16(3)19-13-9-10-17(14-19)15-21-20(5-2)18-11-7-6-8-12-18/h6-8,11-12,17,19,21H,1-2,9-10,13-15H2,3H3/t17-,19-/m0/s1. The Labute approximate surface area is 128 Å². The molecular weight excluding hydrogens is 254 g/mol. The van der Waals surface area contributed by atoms with Crippen LogP contribution in [0.3, 0.4) is 0 Å². The molecule has 1 aliphatic carbocycles. The molecule has 1 aromatic rings.